The van der Waals surface area contributed by atoms with E-state index in [0.717, 1.165) is 0 Å². The zero-order valence-electron chi connectivity index (χ0n) is 4.70. The lowest BCUT2D eigenvalue weighted by Crippen LogP contribution is -1.91. The third-order valence-electron chi connectivity index (χ3n) is 1.01. The van der Waals surface area contributed by atoms with Crippen LogP contribution in [0.4, 0.5) is 0 Å². The first kappa shape index (κ1) is 6.18. The Hall–Kier alpha value is -0.940. The fraction of sp³-hybridized carbons (Fsp3) is 0.500. The largest absolute Gasteiger partial charge is 0.390 e. The van der Waals surface area contributed by atoms with Crippen LogP contribution in [0, 0.1) is 0 Å². The van der Waals surface area contributed by atoms with Crippen molar-refractivity contribution in [3.8, 4) is 0 Å². The molecular formula is C4H7N3O2. The highest BCUT2D eigenvalue weighted by Crippen LogP contribution is 1.98. The van der Waals surface area contributed by atoms with E-state index in [4.69, 9.17) is 10.2 Å². The Balaban J connectivity index is 2.85. The van der Waals surface area contributed by atoms with Crippen LogP contribution in [0.15, 0.2) is 0 Å². The average Bonchev–Trinajstić information content (AvgIpc) is 2.33. The molecule has 0 saturated carbocycles. The van der Waals surface area contributed by atoms with Gasteiger partial charge in [-0.15, -0.1) is 5.10 Å². The summed E-state index contributed by atoms with van der Waals surface area (Å²) in [6.45, 7) is -0.352. The maximum absolute atomic E-state index is 8.52. The highest BCUT2D eigenvalue weighted by atomic mass is 16.3. The smallest absolute Gasteiger partial charge is 0.113 e. The first-order valence-corrected chi connectivity index (χ1v) is 2.49. The predicted octanol–water partition coefficient (Wildman–Crippen LogP) is -1.21. The molecule has 1 aromatic rings. The van der Waals surface area contributed by atoms with E-state index >= 15 is 0 Å². The van der Waals surface area contributed by atoms with Crippen molar-refractivity contribution in [2.45, 2.75) is 13.2 Å². The fourth-order valence-electron chi connectivity index (χ4n) is 0.524. The minimum Gasteiger partial charge on any atom is -0.390 e. The second-order valence-corrected chi connectivity index (χ2v) is 1.55. The van der Waals surface area contributed by atoms with Crippen LogP contribution in [0.25, 0.3) is 0 Å². The summed E-state index contributed by atoms with van der Waals surface area (Å²) >= 11 is 0. The third-order valence-corrected chi connectivity index (χ3v) is 1.01. The minimum absolute atomic E-state index is 0.164. The van der Waals surface area contributed by atoms with E-state index in [1.165, 1.54) is 0 Å². The highest BCUT2D eigenvalue weighted by molar-refractivity contribution is 5.04. The van der Waals surface area contributed by atoms with Gasteiger partial charge in [0.2, 0.25) is 0 Å². The molecule has 50 valence electrons. The van der Waals surface area contributed by atoms with E-state index in [2.05, 4.69) is 15.4 Å². The Morgan fingerprint density at radius 1 is 1.33 bits per heavy atom. The van der Waals surface area contributed by atoms with Gasteiger partial charge in [-0.1, -0.05) is 5.21 Å². The van der Waals surface area contributed by atoms with Gasteiger partial charge in [-0.25, -0.2) is 0 Å². The van der Waals surface area contributed by atoms with Gasteiger partial charge in [0.25, 0.3) is 0 Å². The molecule has 9 heavy (non-hydrogen) atoms. The number of aliphatic hydroxyl groups excluding tert-OH is 2. The maximum Gasteiger partial charge on any atom is 0.113 e. The van der Waals surface area contributed by atoms with E-state index in [1.807, 2.05) is 0 Å². The first-order valence-electron chi connectivity index (χ1n) is 2.49. The summed E-state index contributed by atoms with van der Waals surface area (Å²) in [5, 5.41) is 26.3. The van der Waals surface area contributed by atoms with Gasteiger partial charge >= 0.3 is 0 Å². The van der Waals surface area contributed by atoms with E-state index in [0.29, 0.717) is 11.4 Å². The lowest BCUT2D eigenvalue weighted by atomic mass is 10.3. The monoisotopic (exact) mass is 129 g/mol. The number of aromatic amines is 1. The van der Waals surface area contributed by atoms with Gasteiger partial charge < -0.3 is 10.2 Å². The molecule has 0 spiro atoms. The number of aromatic nitrogens is 3. The molecule has 3 N–H and O–H groups in total. The standard InChI is InChI=1S/C4H7N3O2/c8-1-3-4(2-9)6-7-5-3/h8-9H,1-2H2,(H,5,6,7). The number of hydrogen-bond acceptors (Lipinski definition) is 4. The molecule has 0 radical (unpaired) electrons. The van der Waals surface area contributed by atoms with Crippen LogP contribution in [-0.4, -0.2) is 25.6 Å². The lowest BCUT2D eigenvalue weighted by Gasteiger charge is -1.88. The molecule has 0 fully saturated rings. The summed E-state index contributed by atoms with van der Waals surface area (Å²) in [4.78, 5) is 0. The highest BCUT2D eigenvalue weighted by Gasteiger charge is 2.01. The lowest BCUT2D eigenvalue weighted by molar-refractivity contribution is 0.255. The number of rotatable bonds is 2. The van der Waals surface area contributed by atoms with Gasteiger partial charge in [-0.05, 0) is 0 Å². The quantitative estimate of drug-likeness (QED) is 0.468. The molecule has 0 aromatic carbocycles. The molecule has 0 atom stereocenters. The van der Waals surface area contributed by atoms with E-state index in [-0.39, 0.29) is 13.2 Å². The topological polar surface area (TPSA) is 82.0 Å². The number of nitrogens with one attached hydrogen (secondary N) is 1. The van der Waals surface area contributed by atoms with Crippen LogP contribution in [0.3, 0.4) is 0 Å². The maximum atomic E-state index is 8.52. The molecule has 0 unspecified atom stereocenters. The van der Waals surface area contributed by atoms with E-state index in [9.17, 15) is 0 Å². The normalized spacial score (nSPS) is 10.0. The van der Waals surface area contributed by atoms with Crippen LogP contribution in [-0.2, 0) is 13.2 Å². The van der Waals surface area contributed by atoms with E-state index in [1.54, 1.807) is 0 Å². The number of nitrogens with zero attached hydrogens (tertiary/aromatic N) is 2. The molecule has 1 rings (SSSR count). The Morgan fingerprint density at radius 3 is 2.56 bits per heavy atom. The van der Waals surface area contributed by atoms with E-state index < -0.39 is 0 Å². The van der Waals surface area contributed by atoms with Crippen molar-refractivity contribution in [2.24, 2.45) is 0 Å². The molecule has 0 amide bonds. The van der Waals surface area contributed by atoms with Gasteiger partial charge in [0.05, 0.1) is 18.9 Å². The van der Waals surface area contributed by atoms with Crippen molar-refractivity contribution >= 4 is 0 Å². The average molecular weight is 129 g/mol. The molecule has 0 bridgehead atoms. The molecule has 1 aromatic heterocycles. The number of aliphatic hydroxyl groups is 2. The second kappa shape index (κ2) is 2.56. The van der Waals surface area contributed by atoms with Crippen LogP contribution in [0.5, 0.6) is 0 Å². The van der Waals surface area contributed by atoms with Crippen LogP contribution in [0.1, 0.15) is 11.4 Å². The molecule has 5 nitrogen and oxygen atoms in total. The van der Waals surface area contributed by atoms with Gasteiger partial charge in [0.1, 0.15) is 5.69 Å². The Bertz CT molecular complexity index is 167. The SMILES string of the molecule is OCc1nn[nH]c1CO. The van der Waals surface area contributed by atoms with Crippen LogP contribution in [0.2, 0.25) is 0 Å². The molecule has 5 heteroatoms. The summed E-state index contributed by atoms with van der Waals surface area (Å²) < 4.78 is 0. The third kappa shape index (κ3) is 1.06. The van der Waals surface area contributed by atoms with Crippen LogP contribution >= 0.6 is 0 Å². The summed E-state index contributed by atoms with van der Waals surface area (Å²) in [6.07, 6.45) is 0. The Morgan fingerprint density at radius 2 is 2.11 bits per heavy atom. The Kier molecular flexibility index (Phi) is 1.76. The van der Waals surface area contributed by atoms with Crippen molar-refractivity contribution in [2.75, 3.05) is 0 Å². The molecule has 0 aliphatic rings. The van der Waals surface area contributed by atoms with Gasteiger partial charge in [-0.2, -0.15) is 0 Å². The Labute approximate surface area is 51.3 Å². The number of hydrogen-bond donors (Lipinski definition) is 3. The van der Waals surface area contributed by atoms with Crippen molar-refractivity contribution < 1.29 is 10.2 Å². The van der Waals surface area contributed by atoms with Crippen molar-refractivity contribution in [1.29, 1.82) is 0 Å². The van der Waals surface area contributed by atoms with Gasteiger partial charge in [-0.3, -0.25) is 5.10 Å². The summed E-state index contributed by atoms with van der Waals surface area (Å²) in [7, 11) is 0. The van der Waals surface area contributed by atoms with Crippen molar-refractivity contribution in [3.63, 3.8) is 0 Å². The number of H-pyrrole nitrogens is 1. The zero-order chi connectivity index (χ0) is 6.69. The van der Waals surface area contributed by atoms with Crippen molar-refractivity contribution in [3.05, 3.63) is 11.4 Å². The van der Waals surface area contributed by atoms with Gasteiger partial charge in [0, 0.05) is 0 Å². The molecule has 1 heterocycles. The fourth-order valence-corrected chi connectivity index (χ4v) is 0.524. The molecular weight excluding hydrogens is 122 g/mol. The summed E-state index contributed by atoms with van der Waals surface area (Å²) in [5.41, 5.74) is 0.870. The molecule has 0 aliphatic carbocycles. The van der Waals surface area contributed by atoms with Gasteiger partial charge in [0.15, 0.2) is 0 Å². The molecule has 0 saturated heterocycles. The summed E-state index contributed by atoms with van der Waals surface area (Å²) in [6, 6.07) is 0. The second-order valence-electron chi connectivity index (χ2n) is 1.55. The molecule has 0 aliphatic heterocycles. The predicted molar refractivity (Wildman–Crippen MR) is 28.2 cm³/mol. The first-order chi connectivity index (χ1) is 4.38. The van der Waals surface area contributed by atoms with Crippen LogP contribution < -0.4 is 0 Å². The minimum atomic E-state index is -0.188. The van der Waals surface area contributed by atoms with Crippen molar-refractivity contribution in [1.82, 2.24) is 15.4 Å². The summed E-state index contributed by atoms with van der Waals surface area (Å²) in [5.74, 6) is 0. The zero-order valence-corrected chi connectivity index (χ0v) is 4.70.